The molecule has 0 bridgehead atoms. The lowest BCUT2D eigenvalue weighted by molar-refractivity contribution is -0.132. The Labute approximate surface area is 140 Å². The fraction of sp³-hybridized carbons (Fsp3) is 0.389. The molecule has 2 heterocycles. The predicted molar refractivity (Wildman–Crippen MR) is 87.1 cm³/mol. The van der Waals surface area contributed by atoms with Gasteiger partial charge >= 0.3 is 0 Å². The molecular formula is C18H20FN3O2. The fourth-order valence-corrected chi connectivity index (χ4v) is 2.78. The van der Waals surface area contributed by atoms with Crippen LogP contribution in [0.2, 0.25) is 0 Å². The van der Waals surface area contributed by atoms with E-state index < -0.39 is 0 Å². The SMILES string of the molecule is Cc1nccc(OC2CCN(C(=O)Cc3ccc(F)cc3)CC2)n1. The zero-order valence-electron chi connectivity index (χ0n) is 13.6. The van der Waals surface area contributed by atoms with Crippen LogP contribution in [-0.4, -0.2) is 40.0 Å². The minimum absolute atomic E-state index is 0.0640. The van der Waals surface area contributed by atoms with E-state index in [1.165, 1.54) is 12.1 Å². The molecule has 24 heavy (non-hydrogen) atoms. The molecule has 1 aliphatic heterocycles. The number of carbonyl (C=O) groups excluding carboxylic acids is 1. The van der Waals surface area contributed by atoms with Crippen molar-refractivity contribution in [3.05, 3.63) is 53.7 Å². The molecule has 1 saturated heterocycles. The minimum atomic E-state index is -0.288. The highest BCUT2D eigenvalue weighted by Gasteiger charge is 2.24. The van der Waals surface area contributed by atoms with Crippen LogP contribution in [0.3, 0.4) is 0 Å². The summed E-state index contributed by atoms with van der Waals surface area (Å²) in [7, 11) is 0. The van der Waals surface area contributed by atoms with Gasteiger partial charge in [0.1, 0.15) is 17.7 Å². The highest BCUT2D eigenvalue weighted by molar-refractivity contribution is 5.78. The van der Waals surface area contributed by atoms with E-state index in [1.807, 2.05) is 11.8 Å². The summed E-state index contributed by atoms with van der Waals surface area (Å²) in [6.45, 7) is 3.15. The van der Waals surface area contributed by atoms with Gasteiger partial charge < -0.3 is 9.64 Å². The largest absolute Gasteiger partial charge is 0.474 e. The van der Waals surface area contributed by atoms with Crippen molar-refractivity contribution in [3.8, 4) is 5.88 Å². The van der Waals surface area contributed by atoms with Crippen LogP contribution in [-0.2, 0) is 11.2 Å². The molecule has 0 saturated carbocycles. The Balaban J connectivity index is 1.49. The lowest BCUT2D eigenvalue weighted by Gasteiger charge is -2.32. The van der Waals surface area contributed by atoms with E-state index in [0.29, 0.717) is 31.2 Å². The Morgan fingerprint density at radius 1 is 1.25 bits per heavy atom. The van der Waals surface area contributed by atoms with Gasteiger partial charge in [-0.1, -0.05) is 12.1 Å². The molecule has 126 valence electrons. The average Bonchev–Trinajstić information content (AvgIpc) is 2.57. The number of rotatable bonds is 4. The lowest BCUT2D eigenvalue weighted by Crippen LogP contribution is -2.42. The van der Waals surface area contributed by atoms with Gasteiger partial charge in [-0.15, -0.1) is 0 Å². The second-order valence-electron chi connectivity index (χ2n) is 5.94. The van der Waals surface area contributed by atoms with Crippen molar-refractivity contribution in [2.24, 2.45) is 0 Å². The molecule has 0 atom stereocenters. The maximum absolute atomic E-state index is 12.9. The third-order valence-electron chi connectivity index (χ3n) is 4.10. The number of carbonyl (C=O) groups is 1. The van der Waals surface area contributed by atoms with Crippen molar-refractivity contribution < 1.29 is 13.9 Å². The highest BCUT2D eigenvalue weighted by atomic mass is 19.1. The molecule has 1 amide bonds. The minimum Gasteiger partial charge on any atom is -0.474 e. The number of likely N-dealkylation sites (tertiary alicyclic amines) is 1. The molecular weight excluding hydrogens is 309 g/mol. The highest BCUT2D eigenvalue weighted by Crippen LogP contribution is 2.18. The molecule has 1 aromatic carbocycles. The van der Waals surface area contributed by atoms with Crippen molar-refractivity contribution >= 4 is 5.91 Å². The maximum atomic E-state index is 12.9. The van der Waals surface area contributed by atoms with Gasteiger partial charge in [-0.2, -0.15) is 4.98 Å². The lowest BCUT2D eigenvalue weighted by atomic mass is 10.1. The van der Waals surface area contributed by atoms with Crippen LogP contribution in [0.5, 0.6) is 5.88 Å². The smallest absolute Gasteiger partial charge is 0.226 e. The topological polar surface area (TPSA) is 55.3 Å². The summed E-state index contributed by atoms with van der Waals surface area (Å²) >= 11 is 0. The Morgan fingerprint density at radius 3 is 2.62 bits per heavy atom. The van der Waals surface area contributed by atoms with Crippen molar-refractivity contribution in [2.45, 2.75) is 32.3 Å². The van der Waals surface area contributed by atoms with E-state index in [2.05, 4.69) is 9.97 Å². The molecule has 1 fully saturated rings. The van der Waals surface area contributed by atoms with Crippen molar-refractivity contribution in [1.29, 1.82) is 0 Å². The van der Waals surface area contributed by atoms with Gasteiger partial charge in [0.25, 0.3) is 0 Å². The van der Waals surface area contributed by atoms with E-state index >= 15 is 0 Å². The Bertz CT molecular complexity index is 698. The van der Waals surface area contributed by atoms with Gasteiger partial charge in [0, 0.05) is 38.2 Å². The number of amides is 1. The summed E-state index contributed by atoms with van der Waals surface area (Å²) < 4.78 is 18.8. The van der Waals surface area contributed by atoms with Crippen LogP contribution in [0.4, 0.5) is 4.39 Å². The van der Waals surface area contributed by atoms with E-state index in [0.717, 1.165) is 18.4 Å². The third-order valence-corrected chi connectivity index (χ3v) is 4.10. The van der Waals surface area contributed by atoms with E-state index in [4.69, 9.17) is 4.74 Å². The number of piperidine rings is 1. The molecule has 3 rings (SSSR count). The van der Waals surface area contributed by atoms with Gasteiger partial charge in [-0.25, -0.2) is 9.37 Å². The monoisotopic (exact) mass is 329 g/mol. The summed E-state index contributed by atoms with van der Waals surface area (Å²) in [4.78, 5) is 22.5. The average molecular weight is 329 g/mol. The first-order valence-corrected chi connectivity index (χ1v) is 8.08. The number of aromatic nitrogens is 2. The fourth-order valence-electron chi connectivity index (χ4n) is 2.78. The van der Waals surface area contributed by atoms with E-state index in [-0.39, 0.29) is 17.8 Å². The van der Waals surface area contributed by atoms with E-state index in [9.17, 15) is 9.18 Å². The van der Waals surface area contributed by atoms with Gasteiger partial charge in [0.05, 0.1) is 6.42 Å². The Kier molecular flexibility index (Phi) is 5.03. The second-order valence-corrected chi connectivity index (χ2v) is 5.94. The number of hydrogen-bond donors (Lipinski definition) is 0. The summed E-state index contributed by atoms with van der Waals surface area (Å²) in [5.74, 6) is 1.04. The van der Waals surface area contributed by atoms with Crippen LogP contribution in [0.15, 0.2) is 36.5 Å². The quantitative estimate of drug-likeness (QED) is 0.865. The summed E-state index contributed by atoms with van der Waals surface area (Å²) in [5.41, 5.74) is 0.830. The summed E-state index contributed by atoms with van der Waals surface area (Å²) in [6, 6.07) is 7.82. The first-order valence-electron chi connectivity index (χ1n) is 8.08. The van der Waals surface area contributed by atoms with Gasteiger partial charge in [-0.05, 0) is 24.6 Å². The van der Waals surface area contributed by atoms with Crippen molar-refractivity contribution in [2.75, 3.05) is 13.1 Å². The number of nitrogens with zero attached hydrogens (tertiary/aromatic N) is 3. The number of benzene rings is 1. The first-order chi connectivity index (χ1) is 11.6. The normalized spacial score (nSPS) is 15.3. The molecule has 0 unspecified atom stereocenters. The van der Waals surface area contributed by atoms with Crippen LogP contribution < -0.4 is 4.74 Å². The summed E-state index contributed by atoms with van der Waals surface area (Å²) in [6.07, 6.45) is 3.60. The van der Waals surface area contributed by atoms with Crippen LogP contribution in [0.1, 0.15) is 24.2 Å². The van der Waals surface area contributed by atoms with Crippen LogP contribution >= 0.6 is 0 Å². The molecule has 1 aromatic heterocycles. The Hall–Kier alpha value is -2.50. The zero-order valence-corrected chi connectivity index (χ0v) is 13.6. The second kappa shape index (κ2) is 7.38. The van der Waals surface area contributed by atoms with Crippen molar-refractivity contribution in [3.63, 3.8) is 0 Å². The first kappa shape index (κ1) is 16.4. The number of halogens is 1. The van der Waals surface area contributed by atoms with Crippen molar-refractivity contribution in [1.82, 2.24) is 14.9 Å². The summed E-state index contributed by atoms with van der Waals surface area (Å²) in [5, 5.41) is 0. The van der Waals surface area contributed by atoms with Crippen LogP contribution in [0.25, 0.3) is 0 Å². The predicted octanol–water partition coefficient (Wildman–Crippen LogP) is 2.54. The molecule has 2 aromatic rings. The van der Waals surface area contributed by atoms with Crippen LogP contribution in [0, 0.1) is 12.7 Å². The molecule has 0 N–H and O–H groups in total. The number of ether oxygens (including phenoxy) is 1. The molecule has 0 spiro atoms. The zero-order chi connectivity index (χ0) is 16.9. The molecule has 1 aliphatic rings. The number of aryl methyl sites for hydroxylation is 1. The molecule has 6 heteroatoms. The molecule has 5 nitrogen and oxygen atoms in total. The van der Waals surface area contributed by atoms with Gasteiger partial charge in [-0.3, -0.25) is 4.79 Å². The third kappa shape index (κ3) is 4.28. The molecule has 0 radical (unpaired) electrons. The van der Waals surface area contributed by atoms with E-state index in [1.54, 1.807) is 24.4 Å². The van der Waals surface area contributed by atoms with Gasteiger partial charge in [0.15, 0.2) is 0 Å². The standard InChI is InChI=1S/C18H20FN3O2/c1-13-20-9-6-17(21-13)24-16-7-10-22(11-8-16)18(23)12-14-2-4-15(19)5-3-14/h2-6,9,16H,7-8,10-12H2,1H3. The maximum Gasteiger partial charge on any atom is 0.226 e. The molecule has 0 aliphatic carbocycles. The number of hydrogen-bond acceptors (Lipinski definition) is 4. The van der Waals surface area contributed by atoms with Gasteiger partial charge in [0.2, 0.25) is 11.8 Å². The Morgan fingerprint density at radius 2 is 1.96 bits per heavy atom.